The van der Waals surface area contributed by atoms with Crippen molar-refractivity contribution in [2.75, 3.05) is 25.2 Å². The molecular formula is C14H23NO3S. The van der Waals surface area contributed by atoms with Crippen molar-refractivity contribution in [3.63, 3.8) is 0 Å². The predicted molar refractivity (Wildman–Crippen MR) is 78.5 cm³/mol. The van der Waals surface area contributed by atoms with Gasteiger partial charge in [-0.1, -0.05) is 19.1 Å². The van der Waals surface area contributed by atoms with E-state index in [1.54, 1.807) is 6.92 Å². The molecule has 1 N–H and O–H groups in total. The Hall–Kier alpha value is -1.07. The third kappa shape index (κ3) is 6.07. The van der Waals surface area contributed by atoms with E-state index in [1.807, 2.05) is 31.3 Å². The van der Waals surface area contributed by atoms with E-state index < -0.39 is 9.84 Å². The van der Waals surface area contributed by atoms with Gasteiger partial charge in [-0.15, -0.1) is 0 Å². The summed E-state index contributed by atoms with van der Waals surface area (Å²) < 4.78 is 28.1. The van der Waals surface area contributed by atoms with E-state index >= 15 is 0 Å². The van der Waals surface area contributed by atoms with E-state index in [4.69, 9.17) is 4.74 Å². The first-order valence-electron chi connectivity index (χ1n) is 6.56. The molecule has 0 radical (unpaired) electrons. The van der Waals surface area contributed by atoms with Gasteiger partial charge in [-0.3, -0.25) is 0 Å². The Labute approximate surface area is 116 Å². The average molecular weight is 285 g/mol. The molecule has 1 unspecified atom stereocenters. The van der Waals surface area contributed by atoms with Crippen LogP contribution in [0.15, 0.2) is 24.3 Å². The number of hydrogen-bond acceptors (Lipinski definition) is 4. The second-order valence-corrected chi connectivity index (χ2v) is 7.10. The second-order valence-electron chi connectivity index (χ2n) is 4.62. The number of nitrogens with one attached hydrogen (secondary N) is 1. The van der Waals surface area contributed by atoms with Gasteiger partial charge in [0.1, 0.15) is 12.4 Å². The molecule has 0 heterocycles. The maximum Gasteiger partial charge on any atom is 0.153 e. The molecule has 0 fully saturated rings. The molecule has 0 aromatic heterocycles. The van der Waals surface area contributed by atoms with Crippen LogP contribution in [-0.4, -0.2) is 39.6 Å². The number of sulfone groups is 1. The lowest BCUT2D eigenvalue weighted by Crippen LogP contribution is -2.23. The van der Waals surface area contributed by atoms with Gasteiger partial charge in [0.05, 0.1) is 5.75 Å². The number of likely N-dealkylation sites (N-methyl/N-ethyl adjacent to an activating group) is 1. The van der Waals surface area contributed by atoms with Crippen LogP contribution in [0.1, 0.15) is 19.4 Å². The zero-order valence-corrected chi connectivity index (χ0v) is 12.7. The Bertz CT molecular complexity index is 468. The summed E-state index contributed by atoms with van der Waals surface area (Å²) in [6.45, 7) is 3.98. The van der Waals surface area contributed by atoms with Crippen molar-refractivity contribution >= 4 is 9.84 Å². The van der Waals surface area contributed by atoms with Crippen LogP contribution in [0.25, 0.3) is 0 Å². The summed E-state index contributed by atoms with van der Waals surface area (Å²) >= 11 is 0. The summed E-state index contributed by atoms with van der Waals surface area (Å²) in [5.41, 5.74) is 1.23. The van der Waals surface area contributed by atoms with E-state index in [1.165, 1.54) is 5.56 Å². The number of hydrogen-bond donors (Lipinski definition) is 1. The SMILES string of the molecule is CCS(=O)(=O)CCOc1ccc(CC(C)NC)cc1. The topological polar surface area (TPSA) is 55.4 Å². The molecule has 0 saturated carbocycles. The van der Waals surface area contributed by atoms with E-state index in [0.29, 0.717) is 11.8 Å². The molecule has 108 valence electrons. The highest BCUT2D eigenvalue weighted by Crippen LogP contribution is 2.13. The predicted octanol–water partition coefficient (Wildman–Crippen LogP) is 1.65. The fraction of sp³-hybridized carbons (Fsp3) is 0.571. The van der Waals surface area contributed by atoms with Crippen molar-refractivity contribution in [3.8, 4) is 5.75 Å². The van der Waals surface area contributed by atoms with Crippen LogP contribution in [-0.2, 0) is 16.3 Å². The summed E-state index contributed by atoms with van der Waals surface area (Å²) in [5.74, 6) is 0.950. The normalized spacial score (nSPS) is 13.2. The lowest BCUT2D eigenvalue weighted by molar-refractivity contribution is 0.341. The van der Waals surface area contributed by atoms with Crippen molar-refractivity contribution in [1.29, 1.82) is 0 Å². The molecule has 0 amide bonds. The largest absolute Gasteiger partial charge is 0.493 e. The van der Waals surface area contributed by atoms with E-state index in [-0.39, 0.29) is 18.1 Å². The van der Waals surface area contributed by atoms with Gasteiger partial charge in [0, 0.05) is 11.8 Å². The molecule has 0 aliphatic rings. The summed E-state index contributed by atoms with van der Waals surface area (Å²) in [7, 11) is -1.01. The Morgan fingerprint density at radius 2 is 1.89 bits per heavy atom. The third-order valence-electron chi connectivity index (χ3n) is 3.06. The standard InChI is InChI=1S/C14H23NO3S/c1-4-19(16,17)10-9-18-14-7-5-13(6-8-14)11-12(2)15-3/h5-8,12,15H,4,9-11H2,1-3H3. The van der Waals surface area contributed by atoms with Crippen LogP contribution in [0, 0.1) is 0 Å². The second kappa shape index (κ2) is 7.50. The zero-order chi connectivity index (χ0) is 14.3. The first-order chi connectivity index (χ1) is 8.96. The van der Waals surface area contributed by atoms with E-state index in [2.05, 4.69) is 12.2 Å². The van der Waals surface area contributed by atoms with Crippen molar-refractivity contribution in [2.24, 2.45) is 0 Å². The highest BCUT2D eigenvalue weighted by Gasteiger charge is 2.07. The summed E-state index contributed by atoms with van der Waals surface area (Å²) in [6.07, 6.45) is 0.959. The lowest BCUT2D eigenvalue weighted by atomic mass is 10.1. The summed E-state index contributed by atoms with van der Waals surface area (Å²) in [5, 5.41) is 3.19. The summed E-state index contributed by atoms with van der Waals surface area (Å²) in [4.78, 5) is 0. The fourth-order valence-corrected chi connectivity index (χ4v) is 2.23. The maximum atomic E-state index is 11.3. The van der Waals surface area contributed by atoms with Gasteiger partial charge in [0.15, 0.2) is 9.84 Å². The minimum absolute atomic E-state index is 0.0715. The van der Waals surface area contributed by atoms with Crippen LogP contribution in [0.4, 0.5) is 0 Å². The minimum atomic E-state index is -2.95. The molecular weight excluding hydrogens is 262 g/mol. The van der Waals surface area contributed by atoms with Crippen LogP contribution >= 0.6 is 0 Å². The molecule has 1 aromatic rings. The molecule has 0 saturated heterocycles. The van der Waals surface area contributed by atoms with Gasteiger partial charge in [0.2, 0.25) is 0 Å². The van der Waals surface area contributed by atoms with E-state index in [0.717, 1.165) is 6.42 Å². The molecule has 1 atom stereocenters. The van der Waals surface area contributed by atoms with Gasteiger partial charge in [-0.2, -0.15) is 0 Å². The molecule has 5 heteroatoms. The van der Waals surface area contributed by atoms with Gasteiger partial charge in [-0.25, -0.2) is 8.42 Å². The maximum absolute atomic E-state index is 11.3. The Morgan fingerprint density at radius 1 is 1.26 bits per heavy atom. The van der Waals surface area contributed by atoms with Crippen molar-refractivity contribution in [3.05, 3.63) is 29.8 Å². The van der Waals surface area contributed by atoms with Crippen LogP contribution in [0.3, 0.4) is 0 Å². The Balaban J connectivity index is 2.44. The third-order valence-corrected chi connectivity index (χ3v) is 4.73. The smallest absolute Gasteiger partial charge is 0.153 e. The monoisotopic (exact) mass is 285 g/mol. The molecule has 1 aromatic carbocycles. The minimum Gasteiger partial charge on any atom is -0.493 e. The van der Waals surface area contributed by atoms with Crippen LogP contribution < -0.4 is 10.1 Å². The zero-order valence-electron chi connectivity index (χ0n) is 11.8. The van der Waals surface area contributed by atoms with Crippen molar-refractivity contribution in [1.82, 2.24) is 5.32 Å². The quantitative estimate of drug-likeness (QED) is 0.789. The first kappa shape index (κ1) is 16.0. The lowest BCUT2D eigenvalue weighted by Gasteiger charge is -2.11. The van der Waals surface area contributed by atoms with Crippen LogP contribution in [0.2, 0.25) is 0 Å². The van der Waals surface area contributed by atoms with Gasteiger partial charge >= 0.3 is 0 Å². The van der Waals surface area contributed by atoms with Gasteiger partial charge in [-0.05, 0) is 38.1 Å². The Kier molecular flexibility index (Phi) is 6.31. The van der Waals surface area contributed by atoms with Crippen LogP contribution in [0.5, 0.6) is 5.75 Å². The average Bonchev–Trinajstić information content (AvgIpc) is 2.40. The van der Waals surface area contributed by atoms with Gasteiger partial charge in [0.25, 0.3) is 0 Å². The van der Waals surface area contributed by atoms with E-state index in [9.17, 15) is 8.42 Å². The molecule has 4 nitrogen and oxygen atoms in total. The molecule has 0 spiro atoms. The van der Waals surface area contributed by atoms with Crippen molar-refractivity contribution in [2.45, 2.75) is 26.3 Å². The molecule has 0 aliphatic carbocycles. The first-order valence-corrected chi connectivity index (χ1v) is 8.38. The highest BCUT2D eigenvalue weighted by molar-refractivity contribution is 7.91. The highest BCUT2D eigenvalue weighted by atomic mass is 32.2. The summed E-state index contributed by atoms with van der Waals surface area (Å²) in [6, 6.07) is 8.23. The fourth-order valence-electron chi connectivity index (χ4n) is 1.61. The number of rotatable bonds is 8. The molecule has 0 bridgehead atoms. The molecule has 0 aliphatic heterocycles. The molecule has 1 rings (SSSR count). The van der Waals surface area contributed by atoms with Crippen molar-refractivity contribution < 1.29 is 13.2 Å². The van der Waals surface area contributed by atoms with Gasteiger partial charge < -0.3 is 10.1 Å². The number of ether oxygens (including phenoxy) is 1. The Morgan fingerprint density at radius 3 is 2.42 bits per heavy atom. The number of benzene rings is 1. The molecule has 19 heavy (non-hydrogen) atoms.